The lowest BCUT2D eigenvalue weighted by Crippen LogP contribution is -2.60. The number of furan rings is 1. The van der Waals surface area contributed by atoms with Crippen LogP contribution in [-0.2, 0) is 0 Å². The van der Waals surface area contributed by atoms with Crippen molar-refractivity contribution in [2.75, 3.05) is 4.81 Å². The molecular weight excluding hydrogens is 776 g/mol. The first-order valence-electron chi connectivity index (χ1n) is 20.0. The monoisotopic (exact) mass is 802 g/mol. The second kappa shape index (κ2) is 11.2. The van der Waals surface area contributed by atoms with Gasteiger partial charge in [-0.2, -0.15) is 0 Å². The molecule has 0 N–H and O–H groups in total. The van der Waals surface area contributed by atoms with Gasteiger partial charge in [-0.05, 0) is 70.4 Å². The number of fused-ring (bicyclic) bond motifs is 18. The molecule has 0 spiro atoms. The Balaban J connectivity index is 1.16. The van der Waals surface area contributed by atoms with Crippen LogP contribution in [0.25, 0.3) is 91.5 Å². The summed E-state index contributed by atoms with van der Waals surface area (Å²) in [6.45, 7) is -0.126. The van der Waals surface area contributed by atoms with Gasteiger partial charge >= 0.3 is 6.85 Å². The van der Waals surface area contributed by atoms with Gasteiger partial charge in [0.05, 0.1) is 21.4 Å². The van der Waals surface area contributed by atoms with Gasteiger partial charge in [-0.3, -0.25) is 0 Å². The van der Waals surface area contributed by atoms with Gasteiger partial charge in [0.1, 0.15) is 5.58 Å². The van der Waals surface area contributed by atoms with E-state index < -0.39 is 0 Å². The zero-order valence-corrected chi connectivity index (χ0v) is 33.6. The number of hydrogen-bond donors (Lipinski definition) is 0. The fraction of sp³-hybridized carbons (Fsp3) is 0. The van der Waals surface area contributed by atoms with Crippen molar-refractivity contribution in [1.82, 2.24) is 4.57 Å². The molecule has 7 heteroatoms. The van der Waals surface area contributed by atoms with E-state index in [4.69, 9.17) is 4.42 Å². The highest BCUT2D eigenvalue weighted by molar-refractivity contribution is 8.05. The summed E-state index contributed by atoms with van der Waals surface area (Å²) in [6, 6.07) is 61.2. The van der Waals surface area contributed by atoms with Crippen molar-refractivity contribution in [3.8, 4) is 16.8 Å². The van der Waals surface area contributed by atoms with Crippen LogP contribution in [0.4, 0.5) is 11.4 Å². The van der Waals surface area contributed by atoms with Crippen molar-refractivity contribution >= 4 is 139 Å². The van der Waals surface area contributed by atoms with E-state index in [2.05, 4.69) is 173 Å². The van der Waals surface area contributed by atoms with Crippen LogP contribution in [0, 0.1) is 0 Å². The summed E-state index contributed by atoms with van der Waals surface area (Å²) in [5.41, 5.74) is 13.1. The summed E-state index contributed by atoms with van der Waals surface area (Å²) < 4.78 is 12.3. The fourth-order valence-electron chi connectivity index (χ4n) is 10.6. The number of benzene rings is 9. The van der Waals surface area contributed by atoms with Gasteiger partial charge in [-0.25, -0.2) is 0 Å². The SMILES string of the molecule is c1ccc2c(c1)Sc1cc3c(cc1S2)N(c1cccc2c1sc1ccccc12)B1c2c-3cc3c(oc4ccccc43)c2-n2c3c1cccc3c1ccc3ccccc3c12. The van der Waals surface area contributed by atoms with E-state index >= 15 is 0 Å². The molecule has 9 aromatic carbocycles. The molecule has 12 aromatic rings. The summed E-state index contributed by atoms with van der Waals surface area (Å²) in [7, 11) is 0. The van der Waals surface area contributed by atoms with Gasteiger partial charge in [0.25, 0.3) is 0 Å². The lowest BCUT2D eigenvalue weighted by Gasteiger charge is -2.42. The maximum absolute atomic E-state index is 7.12. The van der Waals surface area contributed by atoms with E-state index in [9.17, 15) is 0 Å². The molecule has 0 saturated carbocycles. The Morgan fingerprint density at radius 3 is 2.08 bits per heavy atom. The molecule has 3 aliphatic heterocycles. The van der Waals surface area contributed by atoms with Crippen LogP contribution >= 0.6 is 34.9 Å². The van der Waals surface area contributed by atoms with Crippen molar-refractivity contribution in [3.05, 3.63) is 164 Å². The maximum Gasteiger partial charge on any atom is 0.333 e. The molecule has 272 valence electrons. The van der Waals surface area contributed by atoms with Gasteiger partial charge < -0.3 is 13.8 Å². The van der Waals surface area contributed by atoms with Crippen molar-refractivity contribution in [1.29, 1.82) is 0 Å². The topological polar surface area (TPSA) is 21.3 Å². The summed E-state index contributed by atoms with van der Waals surface area (Å²) in [5.74, 6) is 0. The Bertz CT molecular complexity index is 3900. The smallest absolute Gasteiger partial charge is 0.333 e. The van der Waals surface area contributed by atoms with Crippen LogP contribution in [0.5, 0.6) is 0 Å². The zero-order valence-electron chi connectivity index (χ0n) is 31.2. The van der Waals surface area contributed by atoms with Crippen molar-refractivity contribution in [2.45, 2.75) is 19.6 Å². The summed E-state index contributed by atoms with van der Waals surface area (Å²) in [4.78, 5) is 7.92. The molecule has 0 atom stereocenters. The van der Waals surface area contributed by atoms with Crippen LogP contribution in [0.2, 0.25) is 0 Å². The lowest BCUT2D eigenvalue weighted by molar-refractivity contribution is 0.667. The molecule has 0 saturated heterocycles. The first kappa shape index (κ1) is 31.6. The average Bonchev–Trinajstić information content (AvgIpc) is 3.97. The molecule has 0 unspecified atom stereocenters. The van der Waals surface area contributed by atoms with E-state index in [1.54, 1.807) is 0 Å². The molecule has 3 aliphatic rings. The normalized spacial score (nSPS) is 13.9. The van der Waals surface area contributed by atoms with Gasteiger partial charge in [-0.15, -0.1) is 11.3 Å². The number of para-hydroxylation sites is 2. The van der Waals surface area contributed by atoms with Crippen LogP contribution in [0.15, 0.2) is 188 Å². The van der Waals surface area contributed by atoms with E-state index in [1.807, 2.05) is 34.9 Å². The first-order valence-corrected chi connectivity index (χ1v) is 22.5. The number of anilines is 2. The van der Waals surface area contributed by atoms with Crippen LogP contribution in [-0.4, -0.2) is 11.4 Å². The van der Waals surface area contributed by atoms with E-state index in [-0.39, 0.29) is 6.85 Å². The first-order chi connectivity index (χ1) is 29.3. The molecular formula is C52H27BN2OS3. The Morgan fingerprint density at radius 1 is 0.475 bits per heavy atom. The predicted octanol–water partition coefficient (Wildman–Crippen LogP) is 14.1. The minimum atomic E-state index is -0.126. The molecule has 6 heterocycles. The zero-order chi connectivity index (χ0) is 38.1. The highest BCUT2D eigenvalue weighted by Gasteiger charge is 2.46. The number of aromatic nitrogens is 1. The van der Waals surface area contributed by atoms with Gasteiger partial charge in [0, 0.05) is 78.9 Å². The fourth-order valence-corrected chi connectivity index (χ4v) is 14.1. The Hall–Kier alpha value is -6.38. The van der Waals surface area contributed by atoms with Crippen molar-refractivity contribution < 1.29 is 4.42 Å². The third-order valence-corrected chi connectivity index (χ3v) is 16.7. The minimum absolute atomic E-state index is 0.126. The van der Waals surface area contributed by atoms with Gasteiger partial charge in [-0.1, -0.05) is 139 Å². The third-order valence-electron chi connectivity index (χ3n) is 13.0. The molecule has 0 bridgehead atoms. The predicted molar refractivity (Wildman–Crippen MR) is 252 cm³/mol. The Morgan fingerprint density at radius 2 is 1.19 bits per heavy atom. The summed E-state index contributed by atoms with van der Waals surface area (Å²) >= 11 is 5.70. The Kier molecular flexibility index (Phi) is 6.01. The second-order valence-corrected chi connectivity index (χ2v) is 19.1. The maximum atomic E-state index is 7.12. The van der Waals surface area contributed by atoms with E-state index in [0.29, 0.717) is 0 Å². The van der Waals surface area contributed by atoms with Gasteiger partial charge in [0.2, 0.25) is 0 Å². The quantitative estimate of drug-likeness (QED) is 0.154. The number of hydrogen-bond acceptors (Lipinski definition) is 5. The number of rotatable bonds is 1. The summed E-state index contributed by atoms with van der Waals surface area (Å²) in [6.07, 6.45) is 0. The van der Waals surface area contributed by atoms with Crippen molar-refractivity contribution in [2.24, 2.45) is 0 Å². The van der Waals surface area contributed by atoms with E-state index in [0.717, 1.165) is 27.6 Å². The molecule has 0 fully saturated rings. The molecule has 0 amide bonds. The molecule has 0 aliphatic carbocycles. The Labute approximate surface area is 350 Å². The third kappa shape index (κ3) is 3.98. The molecule has 59 heavy (non-hydrogen) atoms. The minimum Gasteiger partial charge on any atom is -0.454 e. The standard InChI is InChI=1S/C52H27BN2OS3/c1-2-12-29-28(11-1)23-24-33-32-15-9-17-38-49(32)54(48(29)33)50-47-36(25-37-30-13-3-5-19-41(30)56-51(37)50)35-26-45-46(58-44-22-8-7-21-43(44)57-45)27-40(35)55(53(38)47)39-18-10-16-34-31-14-4-6-20-42(31)59-52(34)39/h1-27H. The molecule has 3 aromatic heterocycles. The second-order valence-electron chi connectivity index (χ2n) is 15.9. The van der Waals surface area contributed by atoms with Crippen molar-refractivity contribution in [3.63, 3.8) is 0 Å². The van der Waals surface area contributed by atoms with Crippen LogP contribution in [0.3, 0.4) is 0 Å². The van der Waals surface area contributed by atoms with Crippen LogP contribution < -0.4 is 15.7 Å². The molecule has 3 nitrogen and oxygen atoms in total. The largest absolute Gasteiger partial charge is 0.454 e. The molecule has 0 radical (unpaired) electrons. The van der Waals surface area contributed by atoms with E-state index in [1.165, 1.54) is 106 Å². The highest BCUT2D eigenvalue weighted by Crippen LogP contribution is 2.56. The number of thiophene rings is 1. The summed E-state index contributed by atoms with van der Waals surface area (Å²) in [5, 5.41) is 9.92. The van der Waals surface area contributed by atoms with Gasteiger partial charge in [0.15, 0.2) is 5.58 Å². The molecule has 15 rings (SSSR count). The average molecular weight is 803 g/mol. The number of nitrogens with zero attached hydrogens (tertiary/aromatic N) is 2. The highest BCUT2D eigenvalue weighted by atomic mass is 32.2. The van der Waals surface area contributed by atoms with Crippen LogP contribution in [0.1, 0.15) is 0 Å². The lowest BCUT2D eigenvalue weighted by atomic mass is 9.44.